The fourth-order valence-electron chi connectivity index (χ4n) is 3.16. The molecule has 0 spiro atoms. The average molecular weight is 419 g/mol. The number of imide groups is 1. The van der Waals surface area contributed by atoms with Crippen LogP contribution in [0.2, 0.25) is 0 Å². The molecule has 0 aromatic carbocycles. The third-order valence-corrected chi connectivity index (χ3v) is 6.87. The van der Waals surface area contributed by atoms with E-state index in [1.165, 1.54) is 11.9 Å². The van der Waals surface area contributed by atoms with Crippen molar-refractivity contribution < 1.29 is 14.1 Å². The van der Waals surface area contributed by atoms with Gasteiger partial charge in [0.1, 0.15) is 17.1 Å². The molecule has 1 aliphatic carbocycles. The summed E-state index contributed by atoms with van der Waals surface area (Å²) in [6, 6.07) is 3.06. The van der Waals surface area contributed by atoms with Gasteiger partial charge in [-0.15, -0.1) is 4.72 Å². The van der Waals surface area contributed by atoms with Gasteiger partial charge in [0.2, 0.25) is 0 Å². The van der Waals surface area contributed by atoms with Crippen molar-refractivity contribution in [2.24, 2.45) is 0 Å². The zero-order chi connectivity index (χ0) is 21.1. The van der Waals surface area contributed by atoms with Crippen LogP contribution >= 0.6 is 0 Å². The molecule has 0 unspecified atom stereocenters. The quantitative estimate of drug-likeness (QED) is 0.589. The molecule has 2 aromatic rings. The molecule has 2 aromatic heterocycles. The second-order valence-corrected chi connectivity index (χ2v) is 10.7. The van der Waals surface area contributed by atoms with Gasteiger partial charge in [-0.1, -0.05) is 0 Å². The molecule has 1 N–H and O–H groups in total. The number of urea groups is 1. The van der Waals surface area contributed by atoms with Crippen molar-refractivity contribution in [3.05, 3.63) is 23.5 Å². The third kappa shape index (κ3) is 3.72. The Morgan fingerprint density at radius 2 is 1.97 bits per heavy atom. The monoisotopic (exact) mass is 418 g/mol. The molecule has 29 heavy (non-hydrogen) atoms. The van der Waals surface area contributed by atoms with E-state index < -0.39 is 16.1 Å². The highest BCUT2D eigenvalue weighted by atomic mass is 32.2. The first-order valence-corrected chi connectivity index (χ1v) is 10.9. The van der Waals surface area contributed by atoms with Crippen LogP contribution < -0.4 is 9.62 Å². The lowest BCUT2D eigenvalue weighted by atomic mass is 10.2. The van der Waals surface area contributed by atoms with Crippen LogP contribution in [0.15, 0.2) is 12.1 Å². The number of amides is 3. The maximum Gasteiger partial charge on any atom is 0.332 e. The second-order valence-electron chi connectivity index (χ2n) is 8.69. The number of carbonyl (C=O) groups is 2. The normalized spacial score (nSPS) is 20.1. The summed E-state index contributed by atoms with van der Waals surface area (Å²) in [6.07, 6.45) is 2.14. The van der Waals surface area contributed by atoms with Gasteiger partial charge in [-0.2, -0.15) is 9.61 Å². The van der Waals surface area contributed by atoms with Gasteiger partial charge in [0.25, 0.3) is 5.91 Å². The molecule has 3 amide bonds. The highest BCUT2D eigenvalue weighted by Gasteiger charge is 2.37. The van der Waals surface area contributed by atoms with E-state index in [1.54, 1.807) is 4.52 Å². The molecule has 0 bridgehead atoms. The standard InChI is InChI=1S/C19H26N6O3S/c1-11(22-29(28)19(2,3)4)13-8-15-20-14(12-6-7-12)9-16(25(15)21-13)24-10-17(26)23(5)18(24)27/h8-9,11-12,22H,6-7,10H2,1-5H3/t11-,29-/m1/s1. The lowest BCUT2D eigenvalue weighted by Crippen LogP contribution is -2.40. The van der Waals surface area contributed by atoms with E-state index in [-0.39, 0.29) is 24.5 Å². The van der Waals surface area contributed by atoms with Gasteiger partial charge in [-0.05, 0) is 40.5 Å². The second kappa shape index (κ2) is 6.96. The lowest BCUT2D eigenvalue weighted by Gasteiger charge is -2.25. The predicted molar refractivity (Wildman–Crippen MR) is 110 cm³/mol. The molecule has 0 radical (unpaired) electrons. The molecule has 3 heterocycles. The number of nitrogens with zero attached hydrogens (tertiary/aromatic N) is 5. The summed E-state index contributed by atoms with van der Waals surface area (Å²) in [5, 5.41) is 4.63. The van der Waals surface area contributed by atoms with E-state index in [1.807, 2.05) is 39.8 Å². The largest absolute Gasteiger partial charge is 0.598 e. The molecule has 1 saturated heterocycles. The van der Waals surface area contributed by atoms with E-state index in [0.29, 0.717) is 23.1 Å². The van der Waals surface area contributed by atoms with Crippen LogP contribution in [0.25, 0.3) is 5.65 Å². The zero-order valence-corrected chi connectivity index (χ0v) is 18.1. The van der Waals surface area contributed by atoms with Gasteiger partial charge in [-0.3, -0.25) is 14.6 Å². The molecule has 1 saturated carbocycles. The van der Waals surface area contributed by atoms with Crippen LogP contribution in [0.5, 0.6) is 0 Å². The van der Waals surface area contributed by atoms with Crippen molar-refractivity contribution in [2.75, 3.05) is 18.5 Å². The Morgan fingerprint density at radius 1 is 1.28 bits per heavy atom. The van der Waals surface area contributed by atoms with E-state index in [4.69, 9.17) is 4.98 Å². The zero-order valence-electron chi connectivity index (χ0n) is 17.3. The van der Waals surface area contributed by atoms with E-state index >= 15 is 0 Å². The number of carbonyl (C=O) groups excluding carboxylic acids is 2. The van der Waals surface area contributed by atoms with Crippen molar-refractivity contribution in [1.29, 1.82) is 0 Å². The maximum absolute atomic E-state index is 12.6. The van der Waals surface area contributed by atoms with Gasteiger partial charge in [0, 0.05) is 42.2 Å². The van der Waals surface area contributed by atoms with Crippen molar-refractivity contribution in [3.8, 4) is 0 Å². The van der Waals surface area contributed by atoms with Crippen molar-refractivity contribution in [2.45, 2.75) is 57.2 Å². The Morgan fingerprint density at radius 3 is 2.52 bits per heavy atom. The summed E-state index contributed by atoms with van der Waals surface area (Å²) in [5.74, 6) is 0.665. The molecular weight excluding hydrogens is 392 g/mol. The summed E-state index contributed by atoms with van der Waals surface area (Å²) in [6.45, 7) is 7.59. The number of likely N-dealkylation sites (N-methyl/N-ethyl adjacent to an activating group) is 1. The van der Waals surface area contributed by atoms with Crippen LogP contribution in [0, 0.1) is 0 Å². The van der Waals surface area contributed by atoms with Crippen LogP contribution in [0.3, 0.4) is 0 Å². The summed E-state index contributed by atoms with van der Waals surface area (Å²) >= 11 is -1.25. The van der Waals surface area contributed by atoms with Gasteiger partial charge in [0.05, 0.1) is 11.7 Å². The Labute approximate surface area is 172 Å². The van der Waals surface area contributed by atoms with Gasteiger partial charge in [-0.25, -0.2) is 9.78 Å². The third-order valence-electron chi connectivity index (χ3n) is 5.19. The first-order chi connectivity index (χ1) is 13.6. The van der Waals surface area contributed by atoms with Crippen molar-refractivity contribution in [3.63, 3.8) is 0 Å². The molecule has 2 atom stereocenters. The molecule has 2 fully saturated rings. The first-order valence-electron chi connectivity index (χ1n) is 9.73. The number of anilines is 1. The van der Waals surface area contributed by atoms with Crippen LogP contribution in [-0.4, -0.2) is 54.3 Å². The van der Waals surface area contributed by atoms with Gasteiger partial charge < -0.3 is 4.55 Å². The fourth-order valence-corrected chi connectivity index (χ4v) is 3.96. The lowest BCUT2D eigenvalue weighted by molar-refractivity contribution is -0.123. The molecule has 2 aliphatic rings. The molecule has 156 valence electrons. The topological polar surface area (TPSA) is 106 Å². The fraction of sp³-hybridized carbons (Fsp3) is 0.579. The number of aromatic nitrogens is 3. The Balaban J connectivity index is 1.73. The number of hydrogen-bond acceptors (Lipinski definition) is 6. The van der Waals surface area contributed by atoms with Crippen molar-refractivity contribution in [1.82, 2.24) is 24.2 Å². The van der Waals surface area contributed by atoms with E-state index in [9.17, 15) is 14.1 Å². The summed E-state index contributed by atoms with van der Waals surface area (Å²) in [5.41, 5.74) is 2.20. The minimum Gasteiger partial charge on any atom is -0.598 e. The number of hydrogen-bond donors (Lipinski definition) is 1. The molecular formula is C19H26N6O3S. The Hall–Kier alpha value is -2.17. The molecule has 10 heteroatoms. The number of fused-ring (bicyclic) bond motifs is 1. The van der Waals surface area contributed by atoms with E-state index in [2.05, 4.69) is 9.82 Å². The Bertz CT molecular complexity index is 980. The molecule has 4 rings (SSSR count). The summed E-state index contributed by atoms with van der Waals surface area (Å²) in [7, 11) is 1.48. The van der Waals surface area contributed by atoms with Gasteiger partial charge in [0.15, 0.2) is 5.65 Å². The average Bonchev–Trinajstić information content (AvgIpc) is 3.36. The van der Waals surface area contributed by atoms with Crippen molar-refractivity contribution >= 4 is 34.8 Å². The Kier molecular flexibility index (Phi) is 4.83. The number of rotatable bonds is 5. The predicted octanol–water partition coefficient (Wildman–Crippen LogP) is 2.12. The summed E-state index contributed by atoms with van der Waals surface area (Å²) < 4.78 is 16.7. The van der Waals surface area contributed by atoms with Gasteiger partial charge >= 0.3 is 6.03 Å². The van der Waals surface area contributed by atoms with Crippen LogP contribution in [-0.2, 0) is 16.2 Å². The SMILES string of the molecule is C[C@@H](N[S@+]([O-])C(C)(C)C)c1cc2nc(C3CC3)cc(N3CC(=O)N(C)C3=O)n2n1. The molecule has 9 nitrogen and oxygen atoms in total. The minimum absolute atomic E-state index is 0.0183. The number of nitrogens with one attached hydrogen (secondary N) is 1. The smallest absolute Gasteiger partial charge is 0.332 e. The molecule has 1 aliphatic heterocycles. The highest BCUT2D eigenvalue weighted by Crippen LogP contribution is 2.40. The minimum atomic E-state index is -1.25. The van der Waals surface area contributed by atoms with Crippen LogP contribution in [0.4, 0.5) is 10.6 Å². The first kappa shape index (κ1) is 20.1. The summed E-state index contributed by atoms with van der Waals surface area (Å²) in [4.78, 5) is 31.9. The highest BCUT2D eigenvalue weighted by molar-refractivity contribution is 7.90. The van der Waals surface area contributed by atoms with E-state index in [0.717, 1.165) is 23.4 Å². The maximum atomic E-state index is 12.6. The van der Waals surface area contributed by atoms with Crippen LogP contribution in [0.1, 0.15) is 63.9 Å².